The summed E-state index contributed by atoms with van der Waals surface area (Å²) in [6.45, 7) is 0.532. The Morgan fingerprint density at radius 2 is 1.90 bits per heavy atom. The number of hydrogen-bond acceptors (Lipinski definition) is 6. The van der Waals surface area contributed by atoms with Crippen LogP contribution in [0.4, 0.5) is 4.79 Å². The number of carbonyl (C=O) groups is 4. The molecule has 2 unspecified atom stereocenters. The number of alkyl carbamates (subject to hydrolysis) is 1. The first-order valence-electron chi connectivity index (χ1n) is 9.61. The topological polar surface area (TPSA) is 123 Å². The molecule has 2 rings (SSSR count). The lowest BCUT2D eigenvalue weighted by Gasteiger charge is -2.23. The Bertz CT molecular complexity index is 709. The fraction of sp³-hybridized carbons (Fsp3) is 0.500. The Morgan fingerprint density at radius 3 is 2.62 bits per heavy atom. The van der Waals surface area contributed by atoms with Crippen molar-refractivity contribution < 1.29 is 28.7 Å². The standard InChI is InChI=1S/C20H27N3O6/c1-28-19(26)16-9-5-6-12-21-17(24)11-10-15(18(25)22-16)23-20(27)29-13-14-7-3-2-4-8-14/h2-4,7-8,15-16H,5-6,9-13H2,1H3,(H,21,24)(H,22,25)(H,23,27). The Kier molecular flexibility index (Phi) is 8.94. The fourth-order valence-electron chi connectivity index (χ4n) is 2.90. The maximum Gasteiger partial charge on any atom is 0.408 e. The van der Waals surface area contributed by atoms with Gasteiger partial charge in [-0.25, -0.2) is 9.59 Å². The average molecular weight is 405 g/mol. The first kappa shape index (κ1) is 22.2. The number of nitrogens with one attached hydrogen (secondary N) is 3. The predicted octanol–water partition coefficient (Wildman–Crippen LogP) is 1.02. The van der Waals surface area contributed by atoms with Crippen molar-refractivity contribution >= 4 is 23.9 Å². The Labute approximate surface area is 169 Å². The molecule has 3 N–H and O–H groups in total. The molecule has 1 heterocycles. The number of hydrogen-bond donors (Lipinski definition) is 3. The third-order valence-electron chi connectivity index (χ3n) is 4.53. The number of methoxy groups -OCH3 is 1. The van der Waals surface area contributed by atoms with Gasteiger partial charge in [-0.3, -0.25) is 9.59 Å². The van der Waals surface area contributed by atoms with E-state index in [1.54, 1.807) is 12.1 Å². The third kappa shape index (κ3) is 7.81. The third-order valence-corrected chi connectivity index (χ3v) is 4.53. The number of esters is 1. The van der Waals surface area contributed by atoms with E-state index in [1.165, 1.54) is 7.11 Å². The monoisotopic (exact) mass is 405 g/mol. The zero-order valence-corrected chi connectivity index (χ0v) is 16.4. The number of ether oxygens (including phenoxy) is 2. The second-order valence-corrected chi connectivity index (χ2v) is 6.73. The van der Waals surface area contributed by atoms with Crippen molar-refractivity contribution in [2.75, 3.05) is 13.7 Å². The molecule has 1 saturated heterocycles. The van der Waals surface area contributed by atoms with E-state index < -0.39 is 30.1 Å². The highest BCUT2D eigenvalue weighted by atomic mass is 16.5. The summed E-state index contributed by atoms with van der Waals surface area (Å²) in [6.07, 6.45) is 1.03. The van der Waals surface area contributed by atoms with Crippen molar-refractivity contribution in [3.05, 3.63) is 35.9 Å². The lowest BCUT2D eigenvalue weighted by Crippen LogP contribution is -2.52. The molecule has 9 heteroatoms. The molecule has 1 aliphatic heterocycles. The minimum absolute atomic E-state index is 0.0479. The van der Waals surface area contributed by atoms with E-state index in [-0.39, 0.29) is 25.4 Å². The van der Waals surface area contributed by atoms with Crippen molar-refractivity contribution in [1.29, 1.82) is 0 Å². The van der Waals surface area contributed by atoms with Gasteiger partial charge < -0.3 is 25.4 Å². The fourth-order valence-corrected chi connectivity index (χ4v) is 2.90. The number of benzene rings is 1. The molecular formula is C20H27N3O6. The lowest BCUT2D eigenvalue weighted by molar-refractivity contribution is -0.145. The number of rotatable bonds is 4. The molecule has 29 heavy (non-hydrogen) atoms. The van der Waals surface area contributed by atoms with Crippen LogP contribution in [0.15, 0.2) is 30.3 Å². The van der Waals surface area contributed by atoms with Gasteiger partial charge >= 0.3 is 12.1 Å². The van der Waals surface area contributed by atoms with Gasteiger partial charge in [0.25, 0.3) is 0 Å². The Balaban J connectivity index is 2.01. The van der Waals surface area contributed by atoms with Crippen molar-refractivity contribution in [1.82, 2.24) is 16.0 Å². The molecular weight excluding hydrogens is 378 g/mol. The molecule has 1 aliphatic rings. The molecule has 1 fully saturated rings. The highest BCUT2D eigenvalue weighted by molar-refractivity contribution is 5.90. The van der Waals surface area contributed by atoms with Crippen LogP contribution in [0.3, 0.4) is 0 Å². The first-order chi connectivity index (χ1) is 14.0. The van der Waals surface area contributed by atoms with Gasteiger partial charge in [-0.15, -0.1) is 0 Å². The van der Waals surface area contributed by atoms with Crippen molar-refractivity contribution in [2.24, 2.45) is 0 Å². The van der Waals surface area contributed by atoms with Crippen LogP contribution in [0.25, 0.3) is 0 Å². The number of amides is 3. The lowest BCUT2D eigenvalue weighted by atomic mass is 10.1. The van der Waals surface area contributed by atoms with Gasteiger partial charge in [0.1, 0.15) is 18.7 Å². The average Bonchev–Trinajstić information content (AvgIpc) is 2.73. The van der Waals surface area contributed by atoms with E-state index in [9.17, 15) is 19.2 Å². The van der Waals surface area contributed by atoms with Crippen LogP contribution in [0, 0.1) is 0 Å². The summed E-state index contributed by atoms with van der Waals surface area (Å²) in [5, 5.41) is 7.86. The zero-order chi connectivity index (χ0) is 21.1. The molecule has 0 aliphatic carbocycles. The quantitative estimate of drug-likeness (QED) is 0.643. The van der Waals surface area contributed by atoms with E-state index >= 15 is 0 Å². The Morgan fingerprint density at radius 1 is 1.14 bits per heavy atom. The van der Waals surface area contributed by atoms with Gasteiger partial charge in [0.05, 0.1) is 7.11 Å². The van der Waals surface area contributed by atoms with E-state index in [0.717, 1.165) is 5.56 Å². The van der Waals surface area contributed by atoms with Crippen LogP contribution in [0.2, 0.25) is 0 Å². The minimum atomic E-state index is -1.02. The summed E-state index contributed by atoms with van der Waals surface area (Å²) in [7, 11) is 1.25. The second-order valence-electron chi connectivity index (χ2n) is 6.73. The molecule has 0 saturated carbocycles. The maximum absolute atomic E-state index is 12.7. The molecule has 0 radical (unpaired) electrons. The largest absolute Gasteiger partial charge is 0.467 e. The summed E-state index contributed by atoms with van der Waals surface area (Å²) in [6, 6.07) is 7.28. The van der Waals surface area contributed by atoms with E-state index in [2.05, 4.69) is 16.0 Å². The van der Waals surface area contributed by atoms with Crippen molar-refractivity contribution in [3.8, 4) is 0 Å². The summed E-state index contributed by atoms with van der Waals surface area (Å²) >= 11 is 0. The van der Waals surface area contributed by atoms with Crippen molar-refractivity contribution in [2.45, 2.75) is 50.8 Å². The van der Waals surface area contributed by atoms with Crippen LogP contribution in [0.5, 0.6) is 0 Å². The highest BCUT2D eigenvalue weighted by Crippen LogP contribution is 2.08. The molecule has 158 valence electrons. The van der Waals surface area contributed by atoms with Gasteiger partial charge in [-0.05, 0) is 31.2 Å². The van der Waals surface area contributed by atoms with Gasteiger partial charge in [-0.2, -0.15) is 0 Å². The normalized spacial score (nSPS) is 20.9. The molecule has 1 aromatic rings. The number of carbonyl (C=O) groups excluding carboxylic acids is 4. The minimum Gasteiger partial charge on any atom is -0.467 e. The van der Waals surface area contributed by atoms with Crippen LogP contribution in [0.1, 0.15) is 37.7 Å². The molecule has 2 atom stereocenters. The van der Waals surface area contributed by atoms with E-state index in [4.69, 9.17) is 9.47 Å². The molecule has 0 spiro atoms. The molecule has 1 aromatic carbocycles. The summed E-state index contributed by atoms with van der Waals surface area (Å²) in [5.74, 6) is -1.32. The maximum atomic E-state index is 12.7. The smallest absolute Gasteiger partial charge is 0.408 e. The van der Waals surface area contributed by atoms with Gasteiger partial charge in [0, 0.05) is 13.0 Å². The molecule has 3 amide bonds. The van der Waals surface area contributed by atoms with Crippen LogP contribution in [-0.4, -0.2) is 49.6 Å². The van der Waals surface area contributed by atoms with Gasteiger partial charge in [-0.1, -0.05) is 30.3 Å². The zero-order valence-electron chi connectivity index (χ0n) is 16.4. The molecule has 0 bridgehead atoms. The highest BCUT2D eigenvalue weighted by Gasteiger charge is 2.28. The molecule has 0 aromatic heterocycles. The van der Waals surface area contributed by atoms with Gasteiger partial charge in [0.2, 0.25) is 11.8 Å². The van der Waals surface area contributed by atoms with Gasteiger partial charge in [0.15, 0.2) is 0 Å². The Hall–Kier alpha value is -3.10. The summed E-state index contributed by atoms with van der Waals surface area (Å²) in [5.41, 5.74) is 0.802. The second kappa shape index (κ2) is 11.7. The van der Waals surface area contributed by atoms with Crippen LogP contribution < -0.4 is 16.0 Å². The van der Waals surface area contributed by atoms with Crippen LogP contribution >= 0.6 is 0 Å². The van der Waals surface area contributed by atoms with E-state index in [0.29, 0.717) is 25.8 Å². The first-order valence-corrected chi connectivity index (χ1v) is 9.61. The molecule has 9 nitrogen and oxygen atoms in total. The van der Waals surface area contributed by atoms with Crippen molar-refractivity contribution in [3.63, 3.8) is 0 Å². The predicted molar refractivity (Wildman–Crippen MR) is 104 cm³/mol. The van der Waals surface area contributed by atoms with E-state index in [1.807, 2.05) is 18.2 Å². The summed E-state index contributed by atoms with van der Waals surface area (Å²) < 4.78 is 9.90. The SMILES string of the molecule is COC(=O)C1CCCCNC(=O)CCC(NC(=O)OCc2ccccc2)C(=O)N1. The van der Waals surface area contributed by atoms with Crippen LogP contribution in [-0.2, 0) is 30.5 Å². The summed E-state index contributed by atoms with van der Waals surface area (Å²) in [4.78, 5) is 48.7.